The second-order valence-electron chi connectivity index (χ2n) is 8.08. The highest BCUT2D eigenvalue weighted by molar-refractivity contribution is 6.22. The van der Waals surface area contributed by atoms with Crippen molar-refractivity contribution in [2.45, 2.75) is 25.8 Å². The zero-order valence-electron chi connectivity index (χ0n) is 16.7. The Kier molecular flexibility index (Phi) is 4.96. The number of hydrogen-bond acceptors (Lipinski definition) is 4. The highest BCUT2D eigenvalue weighted by atomic mass is 16.5. The summed E-state index contributed by atoms with van der Waals surface area (Å²) >= 11 is 0. The van der Waals surface area contributed by atoms with Gasteiger partial charge in [-0.1, -0.05) is 30.3 Å². The highest BCUT2D eigenvalue weighted by Gasteiger charge is 2.38. The Balaban J connectivity index is 1.54. The standard InChI is InChI=1S/C23H24N2O4/c1-23(2)15-29-13-12-25(23)20(26)17-8-9-18-19(14-17)22(28)24(21(18)27)11-10-16-6-4-3-5-7-16/h3-9,14H,10-13,15H2,1-2H3. The molecule has 0 radical (unpaired) electrons. The van der Waals surface area contributed by atoms with Crippen LogP contribution in [0.3, 0.4) is 0 Å². The lowest BCUT2D eigenvalue weighted by Crippen LogP contribution is -2.55. The first-order valence-electron chi connectivity index (χ1n) is 9.82. The predicted octanol–water partition coefficient (Wildman–Crippen LogP) is 2.78. The molecule has 0 saturated carbocycles. The van der Waals surface area contributed by atoms with Crippen LogP contribution in [0, 0.1) is 0 Å². The minimum atomic E-state index is -0.421. The van der Waals surface area contributed by atoms with Crippen molar-refractivity contribution in [3.8, 4) is 0 Å². The zero-order valence-corrected chi connectivity index (χ0v) is 16.7. The summed E-state index contributed by atoms with van der Waals surface area (Å²) in [4.78, 5) is 41.7. The van der Waals surface area contributed by atoms with E-state index < -0.39 is 5.54 Å². The van der Waals surface area contributed by atoms with Crippen LogP contribution in [0.25, 0.3) is 0 Å². The van der Waals surface area contributed by atoms with Gasteiger partial charge in [0.1, 0.15) is 0 Å². The van der Waals surface area contributed by atoms with Crippen molar-refractivity contribution in [1.29, 1.82) is 0 Å². The van der Waals surface area contributed by atoms with Crippen molar-refractivity contribution >= 4 is 17.7 Å². The van der Waals surface area contributed by atoms with E-state index in [9.17, 15) is 14.4 Å². The van der Waals surface area contributed by atoms with Crippen LogP contribution in [0.1, 0.15) is 50.5 Å². The second kappa shape index (κ2) is 7.44. The maximum absolute atomic E-state index is 13.1. The van der Waals surface area contributed by atoms with Gasteiger partial charge in [0.2, 0.25) is 0 Å². The van der Waals surface area contributed by atoms with E-state index in [-0.39, 0.29) is 17.7 Å². The molecule has 29 heavy (non-hydrogen) atoms. The molecule has 2 aliphatic rings. The molecule has 1 saturated heterocycles. The maximum Gasteiger partial charge on any atom is 0.261 e. The number of carbonyl (C=O) groups is 3. The van der Waals surface area contributed by atoms with Crippen molar-refractivity contribution in [2.24, 2.45) is 0 Å². The van der Waals surface area contributed by atoms with E-state index in [2.05, 4.69) is 0 Å². The third-order valence-electron chi connectivity index (χ3n) is 5.57. The summed E-state index contributed by atoms with van der Waals surface area (Å²) in [5.41, 5.74) is 1.73. The Labute approximate surface area is 170 Å². The molecule has 0 spiro atoms. The molecule has 2 aromatic carbocycles. The molecule has 2 aliphatic heterocycles. The van der Waals surface area contributed by atoms with Crippen molar-refractivity contribution in [2.75, 3.05) is 26.3 Å². The number of fused-ring (bicyclic) bond motifs is 1. The fraction of sp³-hybridized carbons (Fsp3) is 0.348. The van der Waals surface area contributed by atoms with E-state index in [1.807, 2.05) is 44.2 Å². The number of rotatable bonds is 4. The van der Waals surface area contributed by atoms with Crippen LogP contribution < -0.4 is 0 Å². The molecule has 150 valence electrons. The number of morpholine rings is 1. The first-order valence-corrected chi connectivity index (χ1v) is 9.82. The summed E-state index contributed by atoms with van der Waals surface area (Å²) in [5, 5.41) is 0. The number of amides is 3. The third-order valence-corrected chi connectivity index (χ3v) is 5.57. The third kappa shape index (κ3) is 3.56. The maximum atomic E-state index is 13.1. The van der Waals surface area contributed by atoms with E-state index in [1.54, 1.807) is 23.1 Å². The molecule has 0 atom stereocenters. The smallest absolute Gasteiger partial charge is 0.261 e. The minimum Gasteiger partial charge on any atom is -0.377 e. The molecular formula is C23H24N2O4. The van der Waals surface area contributed by atoms with E-state index in [4.69, 9.17) is 4.74 Å². The molecule has 0 bridgehead atoms. The van der Waals surface area contributed by atoms with Crippen LogP contribution in [0.4, 0.5) is 0 Å². The molecular weight excluding hydrogens is 368 g/mol. The Bertz CT molecular complexity index is 968. The normalized spacial score (nSPS) is 18.1. The minimum absolute atomic E-state index is 0.149. The molecule has 0 N–H and O–H groups in total. The van der Waals surface area contributed by atoms with Crippen LogP contribution in [0.5, 0.6) is 0 Å². The van der Waals surface area contributed by atoms with Gasteiger partial charge in [0.25, 0.3) is 17.7 Å². The molecule has 1 fully saturated rings. The van der Waals surface area contributed by atoms with Gasteiger partial charge in [-0.25, -0.2) is 0 Å². The number of ether oxygens (including phenoxy) is 1. The van der Waals surface area contributed by atoms with Crippen LogP contribution in [0.2, 0.25) is 0 Å². The second-order valence-corrected chi connectivity index (χ2v) is 8.08. The lowest BCUT2D eigenvalue weighted by molar-refractivity contribution is -0.0370. The fourth-order valence-corrected chi connectivity index (χ4v) is 3.90. The average molecular weight is 392 g/mol. The summed E-state index contributed by atoms with van der Waals surface area (Å²) in [6.45, 7) is 5.68. The molecule has 0 unspecified atom stereocenters. The SMILES string of the molecule is CC1(C)COCCN1C(=O)c1ccc2c(c1)C(=O)N(CCc1ccccc1)C2=O. The Morgan fingerprint density at radius 3 is 2.48 bits per heavy atom. The van der Waals surface area contributed by atoms with Gasteiger partial charge in [-0.05, 0) is 44.0 Å². The van der Waals surface area contributed by atoms with Crippen LogP contribution in [0.15, 0.2) is 48.5 Å². The highest BCUT2D eigenvalue weighted by Crippen LogP contribution is 2.27. The monoisotopic (exact) mass is 392 g/mol. The molecule has 6 heteroatoms. The average Bonchev–Trinajstić information content (AvgIpc) is 2.96. The van der Waals surface area contributed by atoms with E-state index in [0.717, 1.165) is 5.56 Å². The fourth-order valence-electron chi connectivity index (χ4n) is 3.90. The van der Waals surface area contributed by atoms with Gasteiger partial charge >= 0.3 is 0 Å². The van der Waals surface area contributed by atoms with Gasteiger partial charge in [-0.2, -0.15) is 0 Å². The number of imide groups is 1. The lowest BCUT2D eigenvalue weighted by atomic mass is 9.99. The first-order chi connectivity index (χ1) is 13.9. The molecule has 0 aliphatic carbocycles. The van der Waals surface area contributed by atoms with E-state index in [0.29, 0.717) is 49.4 Å². The summed E-state index contributed by atoms with van der Waals surface area (Å²) in [7, 11) is 0. The Morgan fingerprint density at radius 2 is 1.76 bits per heavy atom. The summed E-state index contributed by atoms with van der Waals surface area (Å²) in [5.74, 6) is -0.785. The number of benzene rings is 2. The topological polar surface area (TPSA) is 66.9 Å². The van der Waals surface area contributed by atoms with Crippen molar-refractivity contribution < 1.29 is 19.1 Å². The van der Waals surface area contributed by atoms with Gasteiger partial charge < -0.3 is 9.64 Å². The van der Waals surface area contributed by atoms with Gasteiger partial charge in [0.05, 0.1) is 29.9 Å². The summed E-state index contributed by atoms with van der Waals surface area (Å²) in [6, 6.07) is 14.5. The molecule has 3 amide bonds. The van der Waals surface area contributed by atoms with Crippen LogP contribution >= 0.6 is 0 Å². The van der Waals surface area contributed by atoms with Gasteiger partial charge in [-0.15, -0.1) is 0 Å². The number of nitrogens with zero attached hydrogens (tertiary/aromatic N) is 2. The summed E-state index contributed by atoms with van der Waals surface area (Å²) < 4.78 is 5.48. The predicted molar refractivity (Wildman–Crippen MR) is 108 cm³/mol. The number of carbonyl (C=O) groups excluding carboxylic acids is 3. The van der Waals surface area contributed by atoms with Gasteiger partial charge in [-0.3, -0.25) is 19.3 Å². The Morgan fingerprint density at radius 1 is 1.03 bits per heavy atom. The van der Waals surface area contributed by atoms with Crippen LogP contribution in [-0.4, -0.2) is 59.4 Å². The molecule has 2 aromatic rings. The van der Waals surface area contributed by atoms with Gasteiger partial charge in [0, 0.05) is 18.7 Å². The first kappa shape index (κ1) is 19.3. The quantitative estimate of drug-likeness (QED) is 0.751. The van der Waals surface area contributed by atoms with Crippen molar-refractivity contribution in [3.63, 3.8) is 0 Å². The van der Waals surface area contributed by atoms with Gasteiger partial charge in [0.15, 0.2) is 0 Å². The Hall–Kier alpha value is -2.99. The zero-order chi connectivity index (χ0) is 20.6. The summed E-state index contributed by atoms with van der Waals surface area (Å²) in [6.07, 6.45) is 0.597. The molecule has 0 aromatic heterocycles. The molecule has 4 rings (SSSR count). The van der Waals surface area contributed by atoms with Crippen molar-refractivity contribution in [1.82, 2.24) is 9.80 Å². The van der Waals surface area contributed by atoms with E-state index >= 15 is 0 Å². The number of hydrogen-bond donors (Lipinski definition) is 0. The molecule has 2 heterocycles. The lowest BCUT2D eigenvalue weighted by Gasteiger charge is -2.42. The molecule has 6 nitrogen and oxygen atoms in total. The largest absolute Gasteiger partial charge is 0.377 e. The van der Waals surface area contributed by atoms with E-state index in [1.165, 1.54) is 4.90 Å². The van der Waals surface area contributed by atoms with Crippen molar-refractivity contribution in [3.05, 3.63) is 70.8 Å². The van der Waals surface area contributed by atoms with Crippen LogP contribution in [-0.2, 0) is 11.2 Å².